The van der Waals surface area contributed by atoms with E-state index in [4.69, 9.17) is 16.3 Å². The van der Waals surface area contributed by atoms with Crippen molar-refractivity contribution >= 4 is 40.1 Å². The first kappa shape index (κ1) is 22.0. The second kappa shape index (κ2) is 9.13. The van der Waals surface area contributed by atoms with Crippen molar-refractivity contribution in [2.75, 3.05) is 6.61 Å². The van der Waals surface area contributed by atoms with Crippen LogP contribution in [0.1, 0.15) is 46.1 Å². The zero-order chi connectivity index (χ0) is 22.8. The molecule has 8 nitrogen and oxygen atoms in total. The topological polar surface area (TPSA) is 114 Å². The molecule has 3 aromatic rings. The molecule has 10 heteroatoms. The van der Waals surface area contributed by atoms with Crippen molar-refractivity contribution < 1.29 is 14.6 Å². The van der Waals surface area contributed by atoms with Gasteiger partial charge in [-0.2, -0.15) is 0 Å². The number of esters is 1. The monoisotopic (exact) mass is 473 g/mol. The fraction of sp³-hybridized carbons (Fsp3) is 0.273. The number of carbonyl (C=O) groups excluding carboxylic acids is 1. The SMILES string of the molecule is CCOC(=O)c1c(/N=C/c2c(O)n(-c3ccc(Cl)cc3)c(=O)[nH]c2=O)sc2c1CCCC2. The summed E-state index contributed by atoms with van der Waals surface area (Å²) in [5.41, 5.74) is -0.130. The Morgan fingerprint density at radius 3 is 2.72 bits per heavy atom. The molecule has 0 atom stereocenters. The predicted octanol–water partition coefficient (Wildman–Crippen LogP) is 3.75. The average molecular weight is 474 g/mol. The van der Waals surface area contributed by atoms with Gasteiger partial charge in [-0.05, 0) is 62.4 Å². The Morgan fingerprint density at radius 2 is 2.00 bits per heavy atom. The van der Waals surface area contributed by atoms with Crippen LogP contribution in [0, 0.1) is 0 Å². The molecule has 0 fully saturated rings. The highest BCUT2D eigenvalue weighted by Crippen LogP contribution is 2.40. The predicted molar refractivity (Wildman–Crippen MR) is 124 cm³/mol. The van der Waals surface area contributed by atoms with Gasteiger partial charge in [0.05, 0.1) is 17.9 Å². The first-order valence-corrected chi connectivity index (χ1v) is 11.3. The largest absolute Gasteiger partial charge is 0.493 e. The maximum absolute atomic E-state index is 12.6. The van der Waals surface area contributed by atoms with E-state index in [0.29, 0.717) is 21.3 Å². The summed E-state index contributed by atoms with van der Waals surface area (Å²) in [4.78, 5) is 45.0. The number of aromatic amines is 1. The number of aliphatic imine (C=N–C) groups is 1. The lowest BCUT2D eigenvalue weighted by Crippen LogP contribution is -2.31. The second-order valence-electron chi connectivity index (χ2n) is 7.18. The zero-order valence-electron chi connectivity index (χ0n) is 17.2. The molecule has 0 spiro atoms. The van der Waals surface area contributed by atoms with E-state index in [-0.39, 0.29) is 12.2 Å². The van der Waals surface area contributed by atoms with Gasteiger partial charge >= 0.3 is 11.7 Å². The van der Waals surface area contributed by atoms with E-state index in [9.17, 15) is 19.5 Å². The zero-order valence-corrected chi connectivity index (χ0v) is 18.8. The third kappa shape index (κ3) is 4.13. The number of benzene rings is 1. The number of thiophene rings is 1. The molecule has 0 unspecified atom stereocenters. The first-order chi connectivity index (χ1) is 15.4. The molecule has 1 aromatic carbocycles. The molecule has 1 aliphatic rings. The van der Waals surface area contributed by atoms with Gasteiger partial charge in [-0.25, -0.2) is 19.1 Å². The van der Waals surface area contributed by atoms with Crippen LogP contribution in [0.15, 0.2) is 38.8 Å². The Labute approximate surface area is 191 Å². The van der Waals surface area contributed by atoms with Gasteiger partial charge in [0, 0.05) is 16.1 Å². The van der Waals surface area contributed by atoms with Crippen LogP contribution in [-0.2, 0) is 17.6 Å². The van der Waals surface area contributed by atoms with Crippen LogP contribution < -0.4 is 11.2 Å². The first-order valence-electron chi connectivity index (χ1n) is 10.1. The molecule has 0 radical (unpaired) electrons. The van der Waals surface area contributed by atoms with Crippen molar-refractivity contribution in [2.24, 2.45) is 4.99 Å². The number of halogens is 1. The number of nitrogens with zero attached hydrogens (tertiary/aromatic N) is 2. The van der Waals surface area contributed by atoms with E-state index < -0.39 is 23.1 Å². The summed E-state index contributed by atoms with van der Waals surface area (Å²) in [5, 5.41) is 11.6. The van der Waals surface area contributed by atoms with E-state index in [1.54, 1.807) is 19.1 Å². The molecule has 0 saturated carbocycles. The standard InChI is InChI=1S/C22H20ClN3O5S/c1-2-31-21(29)17-14-5-3-4-6-16(14)32-19(17)24-11-15-18(27)25-22(30)26(20(15)28)13-9-7-12(23)8-10-13/h7-11,28H,2-6H2,1H3,(H,25,27,30)/b24-11+. The fourth-order valence-corrected chi connectivity index (χ4v) is 5.01. The lowest BCUT2D eigenvalue weighted by molar-refractivity contribution is 0.0526. The van der Waals surface area contributed by atoms with Gasteiger partial charge < -0.3 is 9.84 Å². The molecule has 0 bridgehead atoms. The van der Waals surface area contributed by atoms with E-state index in [0.717, 1.165) is 40.7 Å². The number of aromatic hydroxyl groups is 1. The lowest BCUT2D eigenvalue weighted by atomic mass is 9.95. The van der Waals surface area contributed by atoms with Crippen LogP contribution in [0.2, 0.25) is 5.02 Å². The minimum atomic E-state index is -0.800. The average Bonchev–Trinajstić information content (AvgIpc) is 3.13. The van der Waals surface area contributed by atoms with Crippen LogP contribution >= 0.6 is 22.9 Å². The minimum absolute atomic E-state index is 0.208. The van der Waals surface area contributed by atoms with E-state index in [1.807, 2.05) is 0 Å². The Balaban J connectivity index is 1.81. The third-order valence-corrected chi connectivity index (χ3v) is 6.60. The van der Waals surface area contributed by atoms with Crippen molar-refractivity contribution in [2.45, 2.75) is 32.6 Å². The van der Waals surface area contributed by atoms with Crippen molar-refractivity contribution in [1.29, 1.82) is 0 Å². The smallest absolute Gasteiger partial charge is 0.341 e. The molecule has 0 saturated heterocycles. The Bertz CT molecular complexity index is 1320. The number of aromatic nitrogens is 2. The molecule has 32 heavy (non-hydrogen) atoms. The highest BCUT2D eigenvalue weighted by atomic mass is 35.5. The summed E-state index contributed by atoms with van der Waals surface area (Å²) >= 11 is 7.27. The molecular weight excluding hydrogens is 454 g/mol. The molecule has 4 rings (SSSR count). The third-order valence-electron chi connectivity index (χ3n) is 5.15. The number of hydrogen-bond acceptors (Lipinski definition) is 7. The molecule has 2 heterocycles. The molecule has 0 aliphatic heterocycles. The summed E-state index contributed by atoms with van der Waals surface area (Å²) in [6, 6.07) is 6.19. The molecule has 2 N–H and O–H groups in total. The van der Waals surface area contributed by atoms with E-state index >= 15 is 0 Å². The van der Waals surface area contributed by atoms with Gasteiger partial charge in [-0.1, -0.05) is 11.6 Å². The van der Waals surface area contributed by atoms with Gasteiger partial charge in [-0.3, -0.25) is 9.78 Å². The Hall–Kier alpha value is -3.17. The quantitative estimate of drug-likeness (QED) is 0.432. The van der Waals surface area contributed by atoms with Crippen LogP contribution in [0.3, 0.4) is 0 Å². The normalized spacial score (nSPS) is 13.3. The number of H-pyrrole nitrogens is 1. The lowest BCUT2D eigenvalue weighted by Gasteiger charge is -2.11. The Kier molecular flexibility index (Phi) is 6.29. The van der Waals surface area contributed by atoms with Gasteiger partial charge in [0.1, 0.15) is 10.6 Å². The highest BCUT2D eigenvalue weighted by molar-refractivity contribution is 7.16. The molecular formula is C22H20ClN3O5S. The summed E-state index contributed by atoms with van der Waals surface area (Å²) in [6.45, 7) is 1.97. The number of hydrogen-bond donors (Lipinski definition) is 2. The fourth-order valence-electron chi connectivity index (χ4n) is 3.66. The molecule has 2 aromatic heterocycles. The minimum Gasteiger partial charge on any atom is -0.493 e. The molecule has 0 amide bonds. The van der Waals surface area contributed by atoms with Crippen molar-refractivity contribution in [3.05, 3.63) is 71.7 Å². The van der Waals surface area contributed by atoms with Gasteiger partial charge in [0.2, 0.25) is 5.88 Å². The summed E-state index contributed by atoms with van der Waals surface area (Å²) in [5.74, 6) is -1.02. The number of ether oxygens (including phenoxy) is 1. The van der Waals surface area contributed by atoms with Gasteiger partial charge in [-0.15, -0.1) is 11.3 Å². The van der Waals surface area contributed by atoms with Crippen molar-refractivity contribution in [3.8, 4) is 11.6 Å². The number of carbonyl (C=O) groups is 1. The number of rotatable bonds is 5. The maximum atomic E-state index is 12.6. The van der Waals surface area contributed by atoms with Crippen molar-refractivity contribution in [1.82, 2.24) is 9.55 Å². The van der Waals surface area contributed by atoms with Gasteiger partial charge in [0.15, 0.2) is 0 Å². The number of aryl methyl sites for hydroxylation is 1. The van der Waals surface area contributed by atoms with Crippen LogP contribution in [-0.4, -0.2) is 33.4 Å². The van der Waals surface area contributed by atoms with Crippen LogP contribution in [0.4, 0.5) is 5.00 Å². The van der Waals surface area contributed by atoms with Crippen molar-refractivity contribution in [3.63, 3.8) is 0 Å². The maximum Gasteiger partial charge on any atom is 0.341 e. The molecule has 1 aliphatic carbocycles. The van der Waals surface area contributed by atoms with E-state index in [2.05, 4.69) is 9.98 Å². The van der Waals surface area contributed by atoms with Crippen LogP contribution in [0.25, 0.3) is 5.69 Å². The Morgan fingerprint density at radius 1 is 1.28 bits per heavy atom. The highest BCUT2D eigenvalue weighted by Gasteiger charge is 2.26. The second-order valence-corrected chi connectivity index (χ2v) is 8.70. The summed E-state index contributed by atoms with van der Waals surface area (Å²) < 4.78 is 6.16. The number of nitrogens with one attached hydrogen (secondary N) is 1. The summed E-state index contributed by atoms with van der Waals surface area (Å²) in [7, 11) is 0. The van der Waals surface area contributed by atoms with Crippen LogP contribution in [0.5, 0.6) is 5.88 Å². The number of fused-ring (bicyclic) bond motifs is 1. The van der Waals surface area contributed by atoms with E-state index in [1.165, 1.54) is 29.7 Å². The summed E-state index contributed by atoms with van der Waals surface area (Å²) in [6.07, 6.45) is 4.80. The van der Waals surface area contributed by atoms with Gasteiger partial charge in [0.25, 0.3) is 5.56 Å². The molecule has 166 valence electrons.